The van der Waals surface area contributed by atoms with E-state index in [4.69, 9.17) is 0 Å². The van der Waals surface area contributed by atoms with Crippen molar-refractivity contribution in [1.29, 1.82) is 0 Å². The van der Waals surface area contributed by atoms with Crippen LogP contribution in [0.5, 0.6) is 0 Å². The summed E-state index contributed by atoms with van der Waals surface area (Å²) in [5.74, 6) is 0.864. The zero-order chi connectivity index (χ0) is 8.15. The van der Waals surface area contributed by atoms with Crippen LogP contribution in [0.15, 0.2) is 12.2 Å². The third-order valence-corrected chi connectivity index (χ3v) is 1.38. The van der Waals surface area contributed by atoms with Crippen LogP contribution < -0.4 is 0 Å². The lowest BCUT2D eigenvalue weighted by Gasteiger charge is -2.08. The van der Waals surface area contributed by atoms with Gasteiger partial charge in [0.15, 0.2) is 0 Å². The van der Waals surface area contributed by atoms with Gasteiger partial charge in [0, 0.05) is 0 Å². The number of rotatable bonds is 3. The molecule has 0 bridgehead atoms. The fourth-order valence-corrected chi connectivity index (χ4v) is 0.558. The molecule has 0 aliphatic rings. The average Bonchev–Trinajstić information content (AvgIpc) is 1.82. The van der Waals surface area contributed by atoms with Gasteiger partial charge in [-0.1, -0.05) is 39.8 Å². The number of aliphatic hydroxyl groups is 1. The van der Waals surface area contributed by atoms with Gasteiger partial charge in [-0.15, -0.1) is 0 Å². The molecule has 0 spiro atoms. The number of aliphatic hydroxyl groups excluding tert-OH is 1. The highest BCUT2D eigenvalue weighted by molar-refractivity contribution is 4.91. The smallest absolute Gasteiger partial charge is 0.0743 e. The second-order valence-corrected chi connectivity index (χ2v) is 3.36. The molecule has 10 heavy (non-hydrogen) atoms. The predicted molar refractivity (Wildman–Crippen MR) is 44.8 cm³/mol. The second-order valence-electron chi connectivity index (χ2n) is 3.36. The van der Waals surface area contributed by atoms with Crippen molar-refractivity contribution in [3.63, 3.8) is 0 Å². The van der Waals surface area contributed by atoms with Gasteiger partial charge in [0.2, 0.25) is 0 Å². The highest BCUT2D eigenvalue weighted by Crippen LogP contribution is 2.04. The molecule has 0 radical (unpaired) electrons. The van der Waals surface area contributed by atoms with E-state index >= 15 is 0 Å². The molecule has 1 N–H and O–H groups in total. The summed E-state index contributed by atoms with van der Waals surface area (Å²) < 4.78 is 0. The van der Waals surface area contributed by atoms with Crippen molar-refractivity contribution >= 4 is 0 Å². The molecule has 0 aromatic rings. The maximum absolute atomic E-state index is 9.29. The van der Waals surface area contributed by atoms with E-state index in [0.29, 0.717) is 11.8 Å². The first kappa shape index (κ1) is 9.70. The van der Waals surface area contributed by atoms with Gasteiger partial charge in [-0.05, 0) is 11.8 Å². The van der Waals surface area contributed by atoms with Gasteiger partial charge < -0.3 is 5.11 Å². The fraction of sp³-hybridized carbons (Fsp3) is 0.778. The minimum absolute atomic E-state index is 0.276. The van der Waals surface area contributed by atoms with E-state index in [9.17, 15) is 5.11 Å². The highest BCUT2D eigenvalue weighted by atomic mass is 16.3. The first-order valence-corrected chi connectivity index (χ1v) is 3.90. The van der Waals surface area contributed by atoms with E-state index in [2.05, 4.69) is 13.8 Å². The van der Waals surface area contributed by atoms with Gasteiger partial charge in [-0.3, -0.25) is 0 Å². The molecule has 0 saturated carbocycles. The summed E-state index contributed by atoms with van der Waals surface area (Å²) in [6.07, 6.45) is 3.63. The van der Waals surface area contributed by atoms with Crippen molar-refractivity contribution in [2.45, 2.75) is 33.8 Å². The second kappa shape index (κ2) is 4.51. The molecular weight excluding hydrogens is 124 g/mol. The summed E-state index contributed by atoms with van der Waals surface area (Å²) in [7, 11) is 0. The Morgan fingerprint density at radius 2 is 1.50 bits per heavy atom. The molecule has 1 nitrogen and oxygen atoms in total. The van der Waals surface area contributed by atoms with Crippen LogP contribution in [0.1, 0.15) is 27.7 Å². The number of hydrogen-bond acceptors (Lipinski definition) is 1. The molecule has 0 rings (SSSR count). The van der Waals surface area contributed by atoms with Crippen molar-refractivity contribution in [1.82, 2.24) is 0 Å². The van der Waals surface area contributed by atoms with E-state index in [1.54, 1.807) is 0 Å². The first-order valence-electron chi connectivity index (χ1n) is 3.90. The summed E-state index contributed by atoms with van der Waals surface area (Å²) in [6.45, 7) is 8.22. The monoisotopic (exact) mass is 142 g/mol. The molecule has 1 atom stereocenters. The Bertz CT molecular complexity index is 103. The molecule has 0 aromatic carbocycles. The van der Waals surface area contributed by atoms with E-state index in [-0.39, 0.29) is 6.10 Å². The van der Waals surface area contributed by atoms with Crippen LogP contribution in [-0.2, 0) is 0 Å². The van der Waals surface area contributed by atoms with E-state index in [1.807, 2.05) is 26.0 Å². The maximum Gasteiger partial charge on any atom is 0.0743 e. The summed E-state index contributed by atoms with van der Waals surface area (Å²) >= 11 is 0. The van der Waals surface area contributed by atoms with Gasteiger partial charge in [0.25, 0.3) is 0 Å². The highest BCUT2D eigenvalue weighted by Gasteiger charge is 2.03. The Morgan fingerprint density at radius 3 is 1.80 bits per heavy atom. The van der Waals surface area contributed by atoms with Crippen LogP contribution in [0.3, 0.4) is 0 Å². The van der Waals surface area contributed by atoms with Crippen molar-refractivity contribution < 1.29 is 5.11 Å². The Morgan fingerprint density at radius 1 is 1.00 bits per heavy atom. The molecule has 0 unspecified atom stereocenters. The lowest BCUT2D eigenvalue weighted by molar-refractivity contribution is 0.171. The normalized spacial score (nSPS) is 15.5. The van der Waals surface area contributed by atoms with Crippen molar-refractivity contribution in [2.75, 3.05) is 0 Å². The molecule has 60 valence electrons. The molecular formula is C9H18O. The number of hydrogen-bond donors (Lipinski definition) is 1. The molecule has 0 amide bonds. The van der Waals surface area contributed by atoms with Crippen LogP contribution in [-0.4, -0.2) is 11.2 Å². The molecule has 0 fully saturated rings. The minimum Gasteiger partial charge on any atom is -0.389 e. The Labute approximate surface area is 63.8 Å². The third-order valence-electron chi connectivity index (χ3n) is 1.38. The summed E-state index contributed by atoms with van der Waals surface area (Å²) in [4.78, 5) is 0. The van der Waals surface area contributed by atoms with Crippen molar-refractivity contribution in [3.8, 4) is 0 Å². The van der Waals surface area contributed by atoms with Gasteiger partial charge in [0.05, 0.1) is 6.10 Å². The van der Waals surface area contributed by atoms with Crippen LogP contribution in [0, 0.1) is 11.8 Å². The van der Waals surface area contributed by atoms with E-state index in [1.165, 1.54) is 0 Å². The quantitative estimate of drug-likeness (QED) is 0.599. The molecule has 0 aliphatic heterocycles. The molecule has 0 saturated heterocycles. The average molecular weight is 142 g/mol. The Hall–Kier alpha value is -0.300. The van der Waals surface area contributed by atoms with E-state index in [0.717, 1.165) is 0 Å². The first-order chi connectivity index (χ1) is 4.54. The standard InChI is InChI=1S/C9H18O/c1-7(2)5-6-9(10)8(3)4/h5-10H,1-4H3/b6-5+/t9-/m0/s1. The van der Waals surface area contributed by atoms with Gasteiger partial charge in [-0.25, -0.2) is 0 Å². The van der Waals surface area contributed by atoms with Gasteiger partial charge in [0.1, 0.15) is 0 Å². The van der Waals surface area contributed by atoms with Crippen LogP contribution in [0.25, 0.3) is 0 Å². The van der Waals surface area contributed by atoms with E-state index < -0.39 is 0 Å². The Balaban J connectivity index is 3.66. The molecule has 0 heterocycles. The lowest BCUT2D eigenvalue weighted by Crippen LogP contribution is -2.10. The van der Waals surface area contributed by atoms with Crippen molar-refractivity contribution in [3.05, 3.63) is 12.2 Å². The largest absolute Gasteiger partial charge is 0.389 e. The topological polar surface area (TPSA) is 20.2 Å². The zero-order valence-corrected chi connectivity index (χ0v) is 7.33. The van der Waals surface area contributed by atoms with Crippen LogP contribution in [0.2, 0.25) is 0 Å². The maximum atomic E-state index is 9.29. The predicted octanol–water partition coefficient (Wildman–Crippen LogP) is 2.22. The minimum atomic E-state index is -0.276. The zero-order valence-electron chi connectivity index (χ0n) is 7.33. The molecule has 0 aliphatic carbocycles. The Kier molecular flexibility index (Phi) is 4.37. The summed E-state index contributed by atoms with van der Waals surface area (Å²) in [5.41, 5.74) is 0. The molecule has 1 heteroatoms. The third kappa shape index (κ3) is 4.57. The molecule has 0 aromatic heterocycles. The summed E-state index contributed by atoms with van der Waals surface area (Å²) in [6, 6.07) is 0. The summed E-state index contributed by atoms with van der Waals surface area (Å²) in [5, 5.41) is 9.29. The van der Waals surface area contributed by atoms with Gasteiger partial charge in [-0.2, -0.15) is 0 Å². The number of allylic oxidation sites excluding steroid dienone is 1. The fourth-order valence-electron chi connectivity index (χ4n) is 0.558. The van der Waals surface area contributed by atoms with Gasteiger partial charge >= 0.3 is 0 Å². The van der Waals surface area contributed by atoms with Crippen LogP contribution in [0.4, 0.5) is 0 Å². The SMILES string of the molecule is CC(C)/C=C/[C@H](O)C(C)C. The van der Waals surface area contributed by atoms with Crippen LogP contribution >= 0.6 is 0 Å². The lowest BCUT2D eigenvalue weighted by atomic mass is 10.1. The van der Waals surface area contributed by atoms with Crippen molar-refractivity contribution in [2.24, 2.45) is 11.8 Å².